The van der Waals surface area contributed by atoms with Crippen LogP contribution < -0.4 is 4.74 Å². The van der Waals surface area contributed by atoms with Gasteiger partial charge < -0.3 is 9.47 Å². The Balaban J connectivity index is 2.28. The van der Waals surface area contributed by atoms with Crippen molar-refractivity contribution < 1.29 is 9.47 Å². The lowest BCUT2D eigenvalue weighted by molar-refractivity contribution is 0.110. The number of pyridine rings is 1. The molecule has 0 unspecified atom stereocenters. The van der Waals surface area contributed by atoms with Crippen LogP contribution in [-0.4, -0.2) is 24.8 Å². The Kier molecular flexibility index (Phi) is 4.57. The number of hydrogen-bond acceptors (Lipinski definition) is 3. The van der Waals surface area contributed by atoms with Crippen LogP contribution in [0.25, 0.3) is 0 Å². The zero-order valence-corrected chi connectivity index (χ0v) is 8.25. The van der Waals surface area contributed by atoms with Crippen LogP contribution >= 0.6 is 11.6 Å². The maximum Gasteiger partial charge on any atom is 0.132 e. The minimum atomic E-state index is 0.439. The molecule has 0 aliphatic carbocycles. The van der Waals surface area contributed by atoms with Crippen LogP contribution in [0.1, 0.15) is 6.92 Å². The van der Waals surface area contributed by atoms with E-state index in [1.807, 2.05) is 6.92 Å². The number of halogens is 1. The third kappa shape index (κ3) is 4.10. The summed E-state index contributed by atoms with van der Waals surface area (Å²) in [6, 6.07) is 3.44. The second kappa shape index (κ2) is 5.78. The topological polar surface area (TPSA) is 31.4 Å². The van der Waals surface area contributed by atoms with E-state index >= 15 is 0 Å². The lowest BCUT2D eigenvalue weighted by Gasteiger charge is -2.05. The zero-order valence-electron chi connectivity index (χ0n) is 7.50. The molecule has 72 valence electrons. The molecule has 0 spiro atoms. The van der Waals surface area contributed by atoms with Gasteiger partial charge in [0.15, 0.2) is 0 Å². The highest BCUT2D eigenvalue weighted by Crippen LogP contribution is 2.13. The quantitative estimate of drug-likeness (QED) is 0.541. The molecule has 0 N–H and O–H groups in total. The molecule has 3 nitrogen and oxygen atoms in total. The summed E-state index contributed by atoms with van der Waals surface area (Å²) in [7, 11) is 0. The third-order valence-electron chi connectivity index (χ3n) is 1.40. The predicted molar refractivity (Wildman–Crippen MR) is 51.2 cm³/mol. The van der Waals surface area contributed by atoms with Crippen LogP contribution in [0.15, 0.2) is 18.3 Å². The SMILES string of the molecule is CCOCCOc1ccnc(Cl)c1. The predicted octanol–water partition coefficient (Wildman–Crippen LogP) is 2.15. The summed E-state index contributed by atoms with van der Waals surface area (Å²) in [5.41, 5.74) is 0. The molecule has 1 rings (SSSR count). The Morgan fingerprint density at radius 1 is 1.46 bits per heavy atom. The van der Waals surface area contributed by atoms with Crippen molar-refractivity contribution >= 4 is 11.6 Å². The van der Waals surface area contributed by atoms with E-state index in [-0.39, 0.29) is 0 Å². The van der Waals surface area contributed by atoms with Crippen molar-refractivity contribution in [3.8, 4) is 5.75 Å². The van der Waals surface area contributed by atoms with Crippen molar-refractivity contribution in [1.82, 2.24) is 4.98 Å². The number of nitrogens with zero attached hydrogens (tertiary/aromatic N) is 1. The largest absolute Gasteiger partial charge is 0.491 e. The number of ether oxygens (including phenoxy) is 2. The summed E-state index contributed by atoms with van der Waals surface area (Å²) in [6.07, 6.45) is 1.61. The molecule has 0 aromatic carbocycles. The standard InChI is InChI=1S/C9H12ClNO2/c1-2-12-5-6-13-8-3-4-11-9(10)7-8/h3-4,7H,2,5-6H2,1H3. The molecule has 0 aliphatic heterocycles. The first-order valence-corrected chi connectivity index (χ1v) is 4.53. The zero-order chi connectivity index (χ0) is 9.52. The summed E-state index contributed by atoms with van der Waals surface area (Å²) >= 11 is 5.66. The van der Waals surface area contributed by atoms with Gasteiger partial charge in [0.05, 0.1) is 6.61 Å². The van der Waals surface area contributed by atoms with Crippen molar-refractivity contribution in [2.75, 3.05) is 19.8 Å². The first-order chi connectivity index (χ1) is 6.33. The van der Waals surface area contributed by atoms with Gasteiger partial charge in [-0.3, -0.25) is 0 Å². The van der Waals surface area contributed by atoms with Gasteiger partial charge in [0.2, 0.25) is 0 Å². The van der Waals surface area contributed by atoms with E-state index in [2.05, 4.69) is 4.98 Å². The highest BCUT2D eigenvalue weighted by molar-refractivity contribution is 6.29. The number of hydrogen-bond donors (Lipinski definition) is 0. The summed E-state index contributed by atoms with van der Waals surface area (Å²) in [5.74, 6) is 0.722. The third-order valence-corrected chi connectivity index (χ3v) is 1.61. The van der Waals surface area contributed by atoms with E-state index in [9.17, 15) is 0 Å². The molecule has 1 aromatic heterocycles. The molecular weight excluding hydrogens is 190 g/mol. The van der Waals surface area contributed by atoms with Gasteiger partial charge in [0, 0.05) is 18.9 Å². The van der Waals surface area contributed by atoms with E-state index < -0.39 is 0 Å². The molecule has 1 heterocycles. The van der Waals surface area contributed by atoms with E-state index in [0.29, 0.717) is 25.0 Å². The Morgan fingerprint density at radius 2 is 2.31 bits per heavy atom. The summed E-state index contributed by atoms with van der Waals surface area (Å²) < 4.78 is 10.5. The van der Waals surface area contributed by atoms with Crippen molar-refractivity contribution in [2.24, 2.45) is 0 Å². The lowest BCUT2D eigenvalue weighted by Crippen LogP contribution is -2.06. The van der Waals surface area contributed by atoms with Gasteiger partial charge in [-0.1, -0.05) is 11.6 Å². The van der Waals surface area contributed by atoms with Crippen LogP contribution in [0.5, 0.6) is 5.75 Å². The molecular formula is C9H12ClNO2. The summed E-state index contributed by atoms with van der Waals surface area (Å²) in [5, 5.41) is 0.439. The van der Waals surface area contributed by atoms with E-state index in [1.165, 1.54) is 0 Å². The molecule has 0 saturated carbocycles. The monoisotopic (exact) mass is 201 g/mol. The van der Waals surface area contributed by atoms with Crippen LogP contribution in [-0.2, 0) is 4.74 Å². The molecule has 0 radical (unpaired) electrons. The minimum Gasteiger partial charge on any atom is -0.491 e. The number of aromatic nitrogens is 1. The smallest absolute Gasteiger partial charge is 0.132 e. The molecule has 0 bridgehead atoms. The normalized spacial score (nSPS) is 10.0. The van der Waals surface area contributed by atoms with Gasteiger partial charge in [-0.2, -0.15) is 0 Å². The van der Waals surface area contributed by atoms with Crippen molar-refractivity contribution in [2.45, 2.75) is 6.92 Å². The fourth-order valence-electron chi connectivity index (χ4n) is 0.837. The van der Waals surface area contributed by atoms with Crippen LogP contribution in [0.2, 0.25) is 5.15 Å². The second-order valence-corrected chi connectivity index (χ2v) is 2.75. The maximum atomic E-state index is 5.66. The molecule has 0 amide bonds. The van der Waals surface area contributed by atoms with E-state index in [0.717, 1.165) is 5.75 Å². The average molecular weight is 202 g/mol. The molecule has 1 aromatic rings. The highest BCUT2D eigenvalue weighted by Gasteiger charge is 1.94. The maximum absolute atomic E-state index is 5.66. The van der Waals surface area contributed by atoms with Gasteiger partial charge in [-0.05, 0) is 13.0 Å². The minimum absolute atomic E-state index is 0.439. The van der Waals surface area contributed by atoms with Crippen LogP contribution in [0.4, 0.5) is 0 Å². The molecule has 0 saturated heterocycles. The van der Waals surface area contributed by atoms with Crippen molar-refractivity contribution in [1.29, 1.82) is 0 Å². The van der Waals surface area contributed by atoms with Crippen LogP contribution in [0, 0.1) is 0 Å². The van der Waals surface area contributed by atoms with E-state index in [1.54, 1.807) is 18.3 Å². The fourth-order valence-corrected chi connectivity index (χ4v) is 1.00. The first-order valence-electron chi connectivity index (χ1n) is 4.15. The number of rotatable bonds is 5. The lowest BCUT2D eigenvalue weighted by atomic mass is 10.4. The second-order valence-electron chi connectivity index (χ2n) is 2.36. The Bertz CT molecular complexity index is 255. The van der Waals surface area contributed by atoms with Gasteiger partial charge in [-0.25, -0.2) is 4.98 Å². The Morgan fingerprint density at radius 3 is 3.00 bits per heavy atom. The molecule has 0 aliphatic rings. The van der Waals surface area contributed by atoms with Gasteiger partial charge in [0.1, 0.15) is 17.5 Å². The van der Waals surface area contributed by atoms with Crippen LogP contribution in [0.3, 0.4) is 0 Å². The fraction of sp³-hybridized carbons (Fsp3) is 0.444. The Hall–Kier alpha value is -0.800. The molecule has 4 heteroatoms. The van der Waals surface area contributed by atoms with Gasteiger partial charge in [0.25, 0.3) is 0 Å². The summed E-state index contributed by atoms with van der Waals surface area (Å²) in [6.45, 7) is 3.79. The molecule has 0 atom stereocenters. The molecule has 13 heavy (non-hydrogen) atoms. The molecule has 0 fully saturated rings. The summed E-state index contributed by atoms with van der Waals surface area (Å²) in [4.78, 5) is 3.84. The average Bonchev–Trinajstić information content (AvgIpc) is 2.13. The van der Waals surface area contributed by atoms with E-state index in [4.69, 9.17) is 21.1 Å². The van der Waals surface area contributed by atoms with Crippen molar-refractivity contribution in [3.05, 3.63) is 23.5 Å². The Labute approximate surface area is 82.6 Å². The first kappa shape index (κ1) is 10.3. The van der Waals surface area contributed by atoms with Gasteiger partial charge in [-0.15, -0.1) is 0 Å². The van der Waals surface area contributed by atoms with Crippen molar-refractivity contribution in [3.63, 3.8) is 0 Å². The highest BCUT2D eigenvalue weighted by atomic mass is 35.5. The van der Waals surface area contributed by atoms with Gasteiger partial charge >= 0.3 is 0 Å².